The van der Waals surface area contributed by atoms with Crippen molar-refractivity contribution in [2.75, 3.05) is 12.8 Å². The number of oxime groups is 1. The van der Waals surface area contributed by atoms with E-state index in [9.17, 15) is 21.9 Å². The summed E-state index contributed by atoms with van der Waals surface area (Å²) in [4.78, 5) is -0.154. The van der Waals surface area contributed by atoms with Crippen molar-refractivity contribution in [3.63, 3.8) is 0 Å². The van der Waals surface area contributed by atoms with E-state index in [1.807, 2.05) is 0 Å². The molecular formula is C22H23N3O6S2. The van der Waals surface area contributed by atoms with Gasteiger partial charge in [0.1, 0.15) is 10.6 Å². The van der Waals surface area contributed by atoms with Crippen LogP contribution in [0.5, 0.6) is 5.75 Å². The van der Waals surface area contributed by atoms with Gasteiger partial charge in [0.05, 0.1) is 4.90 Å². The number of nitrogens with two attached hydrogens (primary N) is 1. The maximum atomic E-state index is 12.6. The minimum atomic E-state index is -4.06. The standard InChI is InChI=1S/C22H23N3O6S2/c1-32(28,29)20-5-3-2-4-18(20)16-8-6-15(7-9-16)12-13-24-33(30,31)21-14-17(22(23)25-27)10-11-19(21)26/h2-11,14,24,26-27H,12-13H2,1H3,(H2,23,25). The molecule has 3 aromatic carbocycles. The van der Waals surface area contributed by atoms with E-state index in [-0.39, 0.29) is 27.7 Å². The molecule has 0 radical (unpaired) electrons. The van der Waals surface area contributed by atoms with Gasteiger partial charge in [0.15, 0.2) is 15.7 Å². The number of sulfonamides is 1. The van der Waals surface area contributed by atoms with E-state index in [0.29, 0.717) is 12.0 Å². The molecule has 0 aliphatic heterocycles. The van der Waals surface area contributed by atoms with Gasteiger partial charge in [0, 0.05) is 23.9 Å². The summed E-state index contributed by atoms with van der Waals surface area (Å²) in [6, 6.07) is 17.4. The van der Waals surface area contributed by atoms with E-state index < -0.39 is 25.6 Å². The van der Waals surface area contributed by atoms with Gasteiger partial charge in [-0.15, -0.1) is 0 Å². The van der Waals surface area contributed by atoms with Gasteiger partial charge in [0.2, 0.25) is 10.0 Å². The highest BCUT2D eigenvalue weighted by Gasteiger charge is 2.20. The van der Waals surface area contributed by atoms with Crippen molar-refractivity contribution in [3.05, 3.63) is 77.9 Å². The van der Waals surface area contributed by atoms with Crippen molar-refractivity contribution >= 4 is 25.7 Å². The molecule has 0 heterocycles. The van der Waals surface area contributed by atoms with E-state index in [1.165, 1.54) is 6.07 Å². The Morgan fingerprint density at radius 2 is 1.64 bits per heavy atom. The van der Waals surface area contributed by atoms with E-state index in [4.69, 9.17) is 10.9 Å². The minimum absolute atomic E-state index is 0.0504. The van der Waals surface area contributed by atoms with Crippen molar-refractivity contribution in [2.45, 2.75) is 16.2 Å². The highest BCUT2D eigenvalue weighted by Crippen LogP contribution is 2.27. The molecular weight excluding hydrogens is 466 g/mol. The fourth-order valence-corrected chi connectivity index (χ4v) is 5.30. The van der Waals surface area contributed by atoms with Crippen LogP contribution in [0.4, 0.5) is 0 Å². The summed E-state index contributed by atoms with van der Waals surface area (Å²) < 4.78 is 51.7. The number of sulfone groups is 1. The van der Waals surface area contributed by atoms with Crippen LogP contribution < -0.4 is 10.5 Å². The maximum Gasteiger partial charge on any atom is 0.244 e. The van der Waals surface area contributed by atoms with Gasteiger partial charge >= 0.3 is 0 Å². The van der Waals surface area contributed by atoms with E-state index in [0.717, 1.165) is 29.5 Å². The van der Waals surface area contributed by atoms with Crippen molar-refractivity contribution in [2.24, 2.45) is 10.9 Å². The van der Waals surface area contributed by atoms with Crippen LogP contribution in [-0.2, 0) is 26.3 Å². The lowest BCUT2D eigenvalue weighted by molar-refractivity contribution is 0.318. The second kappa shape index (κ2) is 9.61. The molecule has 0 saturated carbocycles. The predicted molar refractivity (Wildman–Crippen MR) is 124 cm³/mol. The van der Waals surface area contributed by atoms with Gasteiger partial charge in [-0.1, -0.05) is 47.6 Å². The zero-order chi connectivity index (χ0) is 24.2. The van der Waals surface area contributed by atoms with Crippen molar-refractivity contribution < 1.29 is 27.1 Å². The molecule has 0 amide bonds. The van der Waals surface area contributed by atoms with Crippen LogP contribution in [0.15, 0.2) is 81.7 Å². The normalized spacial score (nSPS) is 12.6. The monoisotopic (exact) mass is 489 g/mol. The third-order valence-corrected chi connectivity index (χ3v) is 7.56. The molecule has 3 aromatic rings. The van der Waals surface area contributed by atoms with Crippen LogP contribution in [0.25, 0.3) is 11.1 Å². The summed E-state index contributed by atoms with van der Waals surface area (Å²) >= 11 is 0. The molecule has 0 atom stereocenters. The molecule has 0 fully saturated rings. The summed E-state index contributed by atoms with van der Waals surface area (Å²) in [5.41, 5.74) is 7.77. The Kier molecular flexibility index (Phi) is 7.06. The molecule has 174 valence electrons. The first-order chi connectivity index (χ1) is 15.5. The Hall–Kier alpha value is -3.41. The van der Waals surface area contributed by atoms with Crippen LogP contribution in [0.2, 0.25) is 0 Å². The third kappa shape index (κ3) is 5.69. The average molecular weight is 490 g/mol. The molecule has 0 spiro atoms. The van der Waals surface area contributed by atoms with E-state index in [2.05, 4.69) is 9.88 Å². The number of phenolic OH excluding ortho intramolecular Hbond substituents is 1. The number of rotatable bonds is 8. The summed E-state index contributed by atoms with van der Waals surface area (Å²) in [5.74, 6) is -0.755. The summed E-state index contributed by atoms with van der Waals surface area (Å²) in [7, 11) is -7.45. The zero-order valence-electron chi connectivity index (χ0n) is 17.6. The van der Waals surface area contributed by atoms with Crippen LogP contribution in [0.1, 0.15) is 11.1 Å². The molecule has 33 heavy (non-hydrogen) atoms. The highest BCUT2D eigenvalue weighted by atomic mass is 32.2. The second-order valence-electron chi connectivity index (χ2n) is 7.28. The quantitative estimate of drug-likeness (QED) is 0.163. The second-order valence-corrected chi connectivity index (χ2v) is 11.0. The maximum absolute atomic E-state index is 12.6. The largest absolute Gasteiger partial charge is 0.507 e. The van der Waals surface area contributed by atoms with Crippen molar-refractivity contribution in [3.8, 4) is 16.9 Å². The number of nitrogens with one attached hydrogen (secondary N) is 1. The van der Waals surface area contributed by atoms with E-state index in [1.54, 1.807) is 48.5 Å². The average Bonchev–Trinajstić information content (AvgIpc) is 2.78. The molecule has 0 unspecified atom stereocenters. The lowest BCUT2D eigenvalue weighted by Crippen LogP contribution is -2.26. The fraction of sp³-hybridized carbons (Fsp3) is 0.136. The first-order valence-corrected chi connectivity index (χ1v) is 13.1. The first kappa shape index (κ1) is 24.2. The lowest BCUT2D eigenvalue weighted by Gasteiger charge is -2.11. The summed E-state index contributed by atoms with van der Waals surface area (Å²) in [6.45, 7) is 0.0504. The summed E-state index contributed by atoms with van der Waals surface area (Å²) in [6.07, 6.45) is 1.51. The Morgan fingerprint density at radius 1 is 0.970 bits per heavy atom. The Balaban J connectivity index is 1.72. The molecule has 0 aromatic heterocycles. The highest BCUT2D eigenvalue weighted by molar-refractivity contribution is 7.91. The molecule has 0 aliphatic carbocycles. The number of hydrogen-bond acceptors (Lipinski definition) is 7. The van der Waals surface area contributed by atoms with E-state index >= 15 is 0 Å². The number of amidine groups is 1. The number of phenols is 1. The summed E-state index contributed by atoms with van der Waals surface area (Å²) in [5, 5.41) is 21.6. The van der Waals surface area contributed by atoms with Gasteiger partial charge in [-0.25, -0.2) is 21.6 Å². The van der Waals surface area contributed by atoms with Gasteiger partial charge in [0.25, 0.3) is 0 Å². The number of benzene rings is 3. The molecule has 0 aliphatic rings. The predicted octanol–water partition coefficient (Wildman–Crippen LogP) is 2.08. The molecule has 0 saturated heterocycles. The molecule has 11 heteroatoms. The Labute approximate surface area is 192 Å². The van der Waals surface area contributed by atoms with Crippen molar-refractivity contribution in [1.29, 1.82) is 0 Å². The lowest BCUT2D eigenvalue weighted by atomic mass is 10.0. The van der Waals surface area contributed by atoms with Crippen LogP contribution >= 0.6 is 0 Å². The number of hydrogen-bond donors (Lipinski definition) is 4. The Bertz CT molecular complexity index is 1400. The Morgan fingerprint density at radius 3 is 2.27 bits per heavy atom. The molecule has 3 rings (SSSR count). The first-order valence-electron chi connectivity index (χ1n) is 9.72. The van der Waals surface area contributed by atoms with Crippen molar-refractivity contribution in [1.82, 2.24) is 4.72 Å². The van der Waals surface area contributed by atoms with Crippen LogP contribution in [0.3, 0.4) is 0 Å². The number of aromatic hydroxyl groups is 1. The van der Waals surface area contributed by atoms with Crippen LogP contribution in [0, 0.1) is 0 Å². The molecule has 9 nitrogen and oxygen atoms in total. The van der Waals surface area contributed by atoms with Crippen LogP contribution in [-0.4, -0.2) is 45.8 Å². The minimum Gasteiger partial charge on any atom is -0.507 e. The van der Waals surface area contributed by atoms with Gasteiger partial charge < -0.3 is 16.0 Å². The SMILES string of the molecule is CS(=O)(=O)c1ccccc1-c1ccc(CCNS(=O)(=O)c2cc(C(N)=NO)ccc2O)cc1. The molecule has 5 N–H and O–H groups in total. The van der Waals surface area contributed by atoms with Gasteiger partial charge in [-0.2, -0.15) is 0 Å². The van der Waals surface area contributed by atoms with Gasteiger partial charge in [-0.3, -0.25) is 0 Å². The van der Waals surface area contributed by atoms with Gasteiger partial charge in [-0.05, 0) is 41.8 Å². The molecule has 0 bridgehead atoms. The number of nitrogens with zero attached hydrogens (tertiary/aromatic N) is 1. The topological polar surface area (TPSA) is 159 Å². The fourth-order valence-electron chi connectivity index (χ4n) is 3.23. The zero-order valence-corrected chi connectivity index (χ0v) is 19.3. The smallest absolute Gasteiger partial charge is 0.244 e. The third-order valence-electron chi connectivity index (χ3n) is 4.91.